The van der Waals surface area contributed by atoms with Crippen molar-refractivity contribution in [2.24, 2.45) is 0 Å². The Morgan fingerprint density at radius 2 is 1.32 bits per heavy atom. The lowest BCUT2D eigenvalue weighted by Gasteiger charge is -2.05. The summed E-state index contributed by atoms with van der Waals surface area (Å²) >= 11 is 1.36. The molecule has 0 radical (unpaired) electrons. The molecule has 0 saturated carbocycles. The third-order valence-electron chi connectivity index (χ3n) is 3.68. The van der Waals surface area contributed by atoms with Crippen molar-refractivity contribution in [3.8, 4) is 0 Å². The highest BCUT2D eigenvalue weighted by Crippen LogP contribution is 2.11. The third-order valence-corrected chi connectivity index (χ3v) is 4.61. The molecule has 0 aliphatic carbocycles. The lowest BCUT2D eigenvalue weighted by Crippen LogP contribution is -2.25. The van der Waals surface area contributed by atoms with Crippen molar-refractivity contribution in [2.75, 3.05) is 12.3 Å². The Bertz CT molecular complexity index is 254. The highest BCUT2D eigenvalue weighted by atomic mass is 32.2. The van der Waals surface area contributed by atoms with Crippen LogP contribution in [0.15, 0.2) is 0 Å². The van der Waals surface area contributed by atoms with Gasteiger partial charge in [0, 0.05) is 25.1 Å². The third kappa shape index (κ3) is 15.9. The van der Waals surface area contributed by atoms with E-state index in [9.17, 15) is 9.59 Å². The Hall–Kier alpha value is -0.510. The Balaban J connectivity index is 3.32. The van der Waals surface area contributed by atoms with E-state index in [1.807, 2.05) is 0 Å². The predicted octanol–water partition coefficient (Wildman–Crippen LogP) is 5.08. The second-order valence-electron chi connectivity index (χ2n) is 5.90. The first-order chi connectivity index (χ1) is 10.7. The van der Waals surface area contributed by atoms with Gasteiger partial charge in [0.05, 0.1) is 0 Å². The zero-order chi connectivity index (χ0) is 16.5. The summed E-state index contributed by atoms with van der Waals surface area (Å²) in [6.07, 6.45) is 13.1. The largest absolute Gasteiger partial charge is 0.355 e. The minimum Gasteiger partial charge on any atom is -0.355 e. The minimum atomic E-state index is 0.129. The summed E-state index contributed by atoms with van der Waals surface area (Å²) in [6.45, 7) is 5.00. The SMILES string of the molecule is CCCCCCCC(=O)NCCSC(=O)CCCCCCC. The van der Waals surface area contributed by atoms with E-state index in [1.54, 1.807) is 0 Å². The predicted molar refractivity (Wildman–Crippen MR) is 97.2 cm³/mol. The van der Waals surface area contributed by atoms with Crippen molar-refractivity contribution in [1.82, 2.24) is 5.32 Å². The fourth-order valence-electron chi connectivity index (χ4n) is 2.28. The van der Waals surface area contributed by atoms with Crippen LogP contribution in [0, 0.1) is 0 Å². The van der Waals surface area contributed by atoms with Crippen LogP contribution in [0.4, 0.5) is 0 Å². The summed E-state index contributed by atoms with van der Waals surface area (Å²) in [5.41, 5.74) is 0. The fourth-order valence-corrected chi connectivity index (χ4v) is 3.00. The minimum absolute atomic E-state index is 0.129. The molecular formula is C18H35NO2S. The van der Waals surface area contributed by atoms with E-state index in [0.717, 1.165) is 25.7 Å². The molecule has 0 unspecified atom stereocenters. The first kappa shape index (κ1) is 21.5. The molecule has 0 spiro atoms. The highest BCUT2D eigenvalue weighted by molar-refractivity contribution is 8.13. The van der Waals surface area contributed by atoms with E-state index >= 15 is 0 Å². The summed E-state index contributed by atoms with van der Waals surface area (Å²) in [6, 6.07) is 0. The van der Waals surface area contributed by atoms with Gasteiger partial charge in [0.2, 0.25) is 5.91 Å². The number of hydrogen-bond donors (Lipinski definition) is 1. The summed E-state index contributed by atoms with van der Waals surface area (Å²) < 4.78 is 0. The maximum atomic E-state index is 11.6. The number of amides is 1. The number of hydrogen-bond acceptors (Lipinski definition) is 3. The molecule has 3 nitrogen and oxygen atoms in total. The van der Waals surface area contributed by atoms with Crippen molar-refractivity contribution in [3.05, 3.63) is 0 Å². The maximum absolute atomic E-state index is 11.6. The average Bonchev–Trinajstić information content (AvgIpc) is 2.51. The lowest BCUT2D eigenvalue weighted by molar-refractivity contribution is -0.121. The molecule has 1 amide bonds. The van der Waals surface area contributed by atoms with Gasteiger partial charge in [-0.15, -0.1) is 0 Å². The zero-order valence-corrected chi connectivity index (χ0v) is 15.4. The van der Waals surface area contributed by atoms with Crippen LogP contribution in [-0.2, 0) is 9.59 Å². The van der Waals surface area contributed by atoms with Gasteiger partial charge in [0.1, 0.15) is 0 Å². The van der Waals surface area contributed by atoms with E-state index in [1.165, 1.54) is 50.3 Å². The molecule has 130 valence electrons. The second kappa shape index (κ2) is 16.9. The molecule has 0 aliphatic heterocycles. The van der Waals surface area contributed by atoms with Crippen molar-refractivity contribution in [2.45, 2.75) is 90.9 Å². The molecule has 0 aromatic carbocycles. The van der Waals surface area contributed by atoms with Crippen LogP contribution in [0.2, 0.25) is 0 Å². The summed E-state index contributed by atoms with van der Waals surface area (Å²) in [5.74, 6) is 0.833. The van der Waals surface area contributed by atoms with Gasteiger partial charge in [-0.3, -0.25) is 9.59 Å². The van der Waals surface area contributed by atoms with Crippen LogP contribution in [0.1, 0.15) is 90.9 Å². The number of unbranched alkanes of at least 4 members (excludes halogenated alkanes) is 8. The molecular weight excluding hydrogens is 294 g/mol. The Kier molecular flexibility index (Phi) is 16.5. The van der Waals surface area contributed by atoms with Gasteiger partial charge in [-0.1, -0.05) is 77.0 Å². The quantitative estimate of drug-likeness (QED) is 0.426. The zero-order valence-electron chi connectivity index (χ0n) is 14.6. The van der Waals surface area contributed by atoms with E-state index in [-0.39, 0.29) is 11.0 Å². The fraction of sp³-hybridized carbons (Fsp3) is 0.889. The number of nitrogens with one attached hydrogen (secondary N) is 1. The van der Waals surface area contributed by atoms with Gasteiger partial charge in [-0.2, -0.15) is 0 Å². The van der Waals surface area contributed by atoms with Gasteiger partial charge < -0.3 is 5.32 Å². The summed E-state index contributed by atoms with van der Waals surface area (Å²) in [5, 5.41) is 3.17. The molecule has 0 saturated heterocycles. The normalized spacial score (nSPS) is 10.6. The van der Waals surface area contributed by atoms with E-state index in [2.05, 4.69) is 19.2 Å². The second-order valence-corrected chi connectivity index (χ2v) is 7.05. The molecule has 1 N–H and O–H groups in total. The molecule has 4 heteroatoms. The molecule has 0 heterocycles. The molecule has 0 aromatic rings. The molecule has 0 rings (SSSR count). The number of thioether (sulfide) groups is 1. The van der Waals surface area contributed by atoms with Gasteiger partial charge in [-0.25, -0.2) is 0 Å². The number of carbonyl (C=O) groups is 2. The lowest BCUT2D eigenvalue weighted by atomic mass is 10.1. The summed E-state index contributed by atoms with van der Waals surface area (Å²) in [7, 11) is 0. The Morgan fingerprint density at radius 3 is 1.91 bits per heavy atom. The van der Waals surface area contributed by atoms with Crippen molar-refractivity contribution in [3.63, 3.8) is 0 Å². The van der Waals surface area contributed by atoms with Crippen LogP contribution in [0.3, 0.4) is 0 Å². The van der Waals surface area contributed by atoms with E-state index in [4.69, 9.17) is 0 Å². The molecule has 0 bridgehead atoms. The van der Waals surface area contributed by atoms with Crippen molar-refractivity contribution in [1.29, 1.82) is 0 Å². The van der Waals surface area contributed by atoms with Gasteiger partial charge >= 0.3 is 0 Å². The molecule has 0 atom stereocenters. The van der Waals surface area contributed by atoms with Gasteiger partial charge in [-0.05, 0) is 12.8 Å². The van der Waals surface area contributed by atoms with Crippen molar-refractivity contribution < 1.29 is 9.59 Å². The monoisotopic (exact) mass is 329 g/mol. The molecule has 0 fully saturated rings. The van der Waals surface area contributed by atoms with Gasteiger partial charge in [0.25, 0.3) is 0 Å². The number of carbonyl (C=O) groups excluding carboxylic acids is 2. The van der Waals surface area contributed by atoms with Crippen LogP contribution in [0.5, 0.6) is 0 Å². The van der Waals surface area contributed by atoms with Gasteiger partial charge in [0.15, 0.2) is 5.12 Å². The molecule has 22 heavy (non-hydrogen) atoms. The average molecular weight is 330 g/mol. The van der Waals surface area contributed by atoms with E-state index in [0.29, 0.717) is 25.1 Å². The molecule has 0 aliphatic rings. The smallest absolute Gasteiger partial charge is 0.220 e. The van der Waals surface area contributed by atoms with E-state index < -0.39 is 0 Å². The Labute approximate surface area is 141 Å². The first-order valence-electron chi connectivity index (χ1n) is 9.13. The highest BCUT2D eigenvalue weighted by Gasteiger charge is 2.04. The Morgan fingerprint density at radius 1 is 0.773 bits per heavy atom. The number of rotatable bonds is 15. The molecule has 0 aromatic heterocycles. The van der Waals surface area contributed by atoms with Crippen molar-refractivity contribution >= 4 is 22.8 Å². The van der Waals surface area contributed by atoms with Crippen LogP contribution < -0.4 is 5.32 Å². The maximum Gasteiger partial charge on any atom is 0.220 e. The van der Waals surface area contributed by atoms with Crippen LogP contribution >= 0.6 is 11.8 Å². The van der Waals surface area contributed by atoms with Crippen LogP contribution in [0.25, 0.3) is 0 Å². The summed E-state index contributed by atoms with van der Waals surface area (Å²) in [4.78, 5) is 23.2. The van der Waals surface area contributed by atoms with Crippen LogP contribution in [-0.4, -0.2) is 23.3 Å². The topological polar surface area (TPSA) is 46.2 Å². The standard InChI is InChI=1S/C18H35NO2S/c1-3-5-7-9-11-13-17(20)19-15-16-22-18(21)14-12-10-8-6-4-2/h3-16H2,1-2H3,(H,19,20). The first-order valence-corrected chi connectivity index (χ1v) is 10.1.